The van der Waals surface area contributed by atoms with E-state index in [1.807, 2.05) is 25.1 Å². The molecule has 1 N–H and O–H groups in total. The lowest BCUT2D eigenvalue weighted by molar-refractivity contribution is 0.0955. The van der Waals surface area contributed by atoms with E-state index in [1.54, 1.807) is 12.1 Å². The highest BCUT2D eigenvalue weighted by Crippen LogP contribution is 2.20. The Morgan fingerprint density at radius 2 is 1.86 bits per heavy atom. The topological polar surface area (TPSA) is 41.5 Å². The van der Waals surface area contributed by atoms with Crippen LogP contribution in [0.5, 0.6) is 0 Å². The van der Waals surface area contributed by atoms with Crippen molar-refractivity contribution < 1.29 is 4.79 Å². The minimum absolute atomic E-state index is 0.314. The van der Waals surface area contributed by atoms with Crippen LogP contribution in [0.25, 0.3) is 0 Å². The molecule has 0 aliphatic carbocycles. The highest BCUT2D eigenvalue weighted by atomic mass is 35.5. The summed E-state index contributed by atoms with van der Waals surface area (Å²) in [4.78, 5) is 12.0. The maximum Gasteiger partial charge on any atom is 0.272 e. The number of aryl methyl sites for hydroxylation is 1. The predicted octanol–water partition coefficient (Wildman–Crippen LogP) is 4.73. The van der Waals surface area contributed by atoms with E-state index < -0.39 is 0 Å². The van der Waals surface area contributed by atoms with Crippen molar-refractivity contribution in [1.29, 1.82) is 0 Å². The number of rotatable bonds is 5. The van der Waals surface area contributed by atoms with Gasteiger partial charge in [0.2, 0.25) is 0 Å². The van der Waals surface area contributed by atoms with Crippen molar-refractivity contribution in [3.05, 3.63) is 69.7 Å². The number of amides is 1. The monoisotopic (exact) mass is 334 g/mol. The molecule has 0 radical (unpaired) electrons. The number of halogens is 2. The van der Waals surface area contributed by atoms with Gasteiger partial charge in [-0.1, -0.05) is 53.5 Å². The normalized spacial score (nSPS) is 11.3. The summed E-state index contributed by atoms with van der Waals surface area (Å²) in [6, 6.07) is 14.9. The van der Waals surface area contributed by atoms with Gasteiger partial charge in [-0.25, -0.2) is 5.43 Å². The Bertz CT molecular complexity index is 684. The Hall–Kier alpha value is -1.84. The lowest BCUT2D eigenvalue weighted by Crippen LogP contribution is -2.19. The first-order valence-electron chi connectivity index (χ1n) is 6.89. The lowest BCUT2D eigenvalue weighted by Gasteiger charge is -2.05. The van der Waals surface area contributed by atoms with Crippen molar-refractivity contribution >= 4 is 34.8 Å². The molecule has 3 nitrogen and oxygen atoms in total. The molecule has 0 atom stereocenters. The van der Waals surface area contributed by atoms with Gasteiger partial charge in [0.05, 0.1) is 10.6 Å². The van der Waals surface area contributed by atoms with Crippen LogP contribution in [0.3, 0.4) is 0 Å². The van der Waals surface area contributed by atoms with Gasteiger partial charge in [0.25, 0.3) is 5.91 Å². The van der Waals surface area contributed by atoms with Gasteiger partial charge < -0.3 is 0 Å². The van der Waals surface area contributed by atoms with Gasteiger partial charge in [-0.3, -0.25) is 4.79 Å². The van der Waals surface area contributed by atoms with Crippen LogP contribution in [0, 0.1) is 0 Å². The minimum Gasteiger partial charge on any atom is -0.267 e. The van der Waals surface area contributed by atoms with Crippen molar-refractivity contribution in [2.24, 2.45) is 5.10 Å². The van der Waals surface area contributed by atoms with Gasteiger partial charge >= 0.3 is 0 Å². The first-order chi connectivity index (χ1) is 10.6. The number of benzene rings is 2. The third-order valence-electron chi connectivity index (χ3n) is 3.14. The summed E-state index contributed by atoms with van der Waals surface area (Å²) in [7, 11) is 0. The van der Waals surface area contributed by atoms with Crippen molar-refractivity contribution in [2.45, 2.75) is 19.8 Å². The molecule has 0 aliphatic rings. The second kappa shape index (κ2) is 7.97. The largest absolute Gasteiger partial charge is 0.272 e. The number of hydrogen-bond donors (Lipinski definition) is 1. The van der Waals surface area contributed by atoms with E-state index >= 15 is 0 Å². The summed E-state index contributed by atoms with van der Waals surface area (Å²) < 4.78 is 0. The van der Waals surface area contributed by atoms with E-state index in [1.165, 1.54) is 11.6 Å². The van der Waals surface area contributed by atoms with Crippen molar-refractivity contribution in [2.75, 3.05) is 0 Å². The smallest absolute Gasteiger partial charge is 0.267 e. The summed E-state index contributed by atoms with van der Waals surface area (Å²) in [5, 5.41) is 4.91. The molecule has 2 rings (SSSR count). The molecule has 0 bridgehead atoms. The van der Waals surface area contributed by atoms with E-state index in [0.717, 1.165) is 18.6 Å². The Kier molecular flexibility index (Phi) is 5.99. The summed E-state index contributed by atoms with van der Waals surface area (Å²) in [5.74, 6) is -0.369. The maximum absolute atomic E-state index is 12.0. The molecule has 5 heteroatoms. The first-order valence-corrected chi connectivity index (χ1v) is 7.64. The van der Waals surface area contributed by atoms with Crippen LogP contribution in [-0.2, 0) is 6.42 Å². The third-order valence-corrected chi connectivity index (χ3v) is 3.70. The van der Waals surface area contributed by atoms with Crippen LogP contribution >= 0.6 is 23.2 Å². The van der Waals surface area contributed by atoms with Crippen LogP contribution in [0.4, 0.5) is 0 Å². The minimum atomic E-state index is -0.369. The standard InChI is InChI=1S/C17H16Cl2N2O/c1-12(7-8-13-5-3-2-4-6-13)20-21-17(22)15-11-14(18)9-10-16(15)19/h2-6,9-11H,7-8H2,1H3,(H,21,22)/b20-12-. The SMILES string of the molecule is C/C(CCc1ccccc1)=N/NC(=O)c1cc(Cl)ccc1Cl. The zero-order chi connectivity index (χ0) is 15.9. The molecule has 0 aromatic heterocycles. The first kappa shape index (κ1) is 16.5. The van der Waals surface area contributed by atoms with Crippen LogP contribution in [-0.4, -0.2) is 11.6 Å². The zero-order valence-corrected chi connectivity index (χ0v) is 13.7. The average molecular weight is 335 g/mol. The number of nitrogens with one attached hydrogen (secondary N) is 1. The summed E-state index contributed by atoms with van der Waals surface area (Å²) in [6.07, 6.45) is 1.65. The second-order valence-corrected chi connectivity index (χ2v) is 5.74. The molecule has 0 aliphatic heterocycles. The molecule has 0 unspecified atom stereocenters. The number of hydrazone groups is 1. The van der Waals surface area contributed by atoms with Crippen LogP contribution in [0.2, 0.25) is 10.0 Å². The fraction of sp³-hybridized carbons (Fsp3) is 0.176. The molecular weight excluding hydrogens is 319 g/mol. The van der Waals surface area contributed by atoms with Gasteiger partial charge in [0, 0.05) is 10.7 Å². The number of carbonyl (C=O) groups is 1. The fourth-order valence-electron chi connectivity index (χ4n) is 1.90. The Morgan fingerprint density at radius 1 is 1.14 bits per heavy atom. The molecule has 0 fully saturated rings. The summed E-state index contributed by atoms with van der Waals surface area (Å²) in [6.45, 7) is 1.88. The molecular formula is C17H16Cl2N2O. The van der Waals surface area contributed by atoms with Gasteiger partial charge in [0.15, 0.2) is 0 Å². The van der Waals surface area contributed by atoms with Crippen LogP contribution in [0.1, 0.15) is 29.3 Å². The molecule has 22 heavy (non-hydrogen) atoms. The average Bonchev–Trinajstić information content (AvgIpc) is 2.54. The van der Waals surface area contributed by atoms with Crippen molar-refractivity contribution in [3.63, 3.8) is 0 Å². The van der Waals surface area contributed by atoms with E-state index in [9.17, 15) is 4.79 Å². The second-order valence-electron chi connectivity index (χ2n) is 4.90. The molecule has 0 saturated carbocycles. The number of carbonyl (C=O) groups excluding carboxylic acids is 1. The number of nitrogens with zero attached hydrogens (tertiary/aromatic N) is 1. The Labute approximate surface area is 139 Å². The van der Waals surface area contributed by atoms with E-state index in [2.05, 4.69) is 22.7 Å². The molecule has 2 aromatic rings. The summed E-state index contributed by atoms with van der Waals surface area (Å²) in [5.41, 5.74) is 4.90. The van der Waals surface area contributed by atoms with E-state index in [4.69, 9.17) is 23.2 Å². The maximum atomic E-state index is 12.0. The van der Waals surface area contributed by atoms with E-state index in [-0.39, 0.29) is 5.91 Å². The highest BCUT2D eigenvalue weighted by Gasteiger charge is 2.10. The Balaban J connectivity index is 1.92. The van der Waals surface area contributed by atoms with Gasteiger partial charge in [-0.2, -0.15) is 5.10 Å². The lowest BCUT2D eigenvalue weighted by atomic mass is 10.1. The predicted molar refractivity (Wildman–Crippen MR) is 91.8 cm³/mol. The van der Waals surface area contributed by atoms with Gasteiger partial charge in [0.1, 0.15) is 0 Å². The number of hydrogen-bond acceptors (Lipinski definition) is 2. The Morgan fingerprint density at radius 3 is 2.59 bits per heavy atom. The molecule has 0 saturated heterocycles. The zero-order valence-electron chi connectivity index (χ0n) is 12.1. The quantitative estimate of drug-likeness (QED) is 0.623. The van der Waals surface area contributed by atoms with E-state index in [0.29, 0.717) is 15.6 Å². The molecule has 1 amide bonds. The van der Waals surface area contributed by atoms with Gasteiger partial charge in [-0.15, -0.1) is 0 Å². The summed E-state index contributed by atoms with van der Waals surface area (Å²) >= 11 is 11.8. The van der Waals surface area contributed by atoms with Crippen LogP contribution < -0.4 is 5.43 Å². The van der Waals surface area contributed by atoms with Crippen LogP contribution in [0.15, 0.2) is 53.6 Å². The molecule has 114 valence electrons. The van der Waals surface area contributed by atoms with Gasteiger partial charge in [-0.05, 0) is 43.5 Å². The third kappa shape index (κ3) is 4.86. The molecule has 2 aromatic carbocycles. The highest BCUT2D eigenvalue weighted by molar-refractivity contribution is 6.35. The molecule has 0 spiro atoms. The van der Waals surface area contributed by atoms with Crippen molar-refractivity contribution in [1.82, 2.24) is 5.43 Å². The fourth-order valence-corrected chi connectivity index (χ4v) is 2.28. The van der Waals surface area contributed by atoms with Crippen molar-refractivity contribution in [3.8, 4) is 0 Å². The molecule has 0 heterocycles.